The van der Waals surface area contributed by atoms with Gasteiger partial charge in [0.1, 0.15) is 0 Å². The van der Waals surface area contributed by atoms with E-state index in [9.17, 15) is 14.7 Å². The number of aliphatic carboxylic acids is 1. The van der Waals surface area contributed by atoms with Crippen molar-refractivity contribution in [2.24, 2.45) is 34.5 Å². The molecule has 4 aliphatic carbocycles. The molecule has 0 amide bonds. The van der Waals surface area contributed by atoms with Crippen molar-refractivity contribution in [3.63, 3.8) is 0 Å². The van der Waals surface area contributed by atoms with E-state index in [1.54, 1.807) is 0 Å². The normalized spacial score (nSPS) is 47.2. The molecule has 0 radical (unpaired) electrons. The van der Waals surface area contributed by atoms with Gasteiger partial charge in [0.15, 0.2) is 17.7 Å². The third-order valence-electron chi connectivity index (χ3n) is 9.77. The van der Waals surface area contributed by atoms with Gasteiger partial charge in [-0.3, -0.25) is 4.79 Å². The molecule has 176 valence electrons. The van der Waals surface area contributed by atoms with Gasteiger partial charge in [0.2, 0.25) is 0 Å². The fourth-order valence-electron chi connectivity index (χ4n) is 8.32. The van der Waals surface area contributed by atoms with Gasteiger partial charge in [0.05, 0.1) is 6.61 Å². The summed E-state index contributed by atoms with van der Waals surface area (Å²) in [5.41, 5.74) is 1.73. The third kappa shape index (κ3) is 3.49. The summed E-state index contributed by atoms with van der Waals surface area (Å²) in [7, 11) is 0. The van der Waals surface area contributed by atoms with Crippen LogP contribution in [0.25, 0.3) is 0 Å². The Kier molecular flexibility index (Phi) is 5.98. The Balaban J connectivity index is 0.000000775. The summed E-state index contributed by atoms with van der Waals surface area (Å²) in [5, 5.41) is 9.36. The summed E-state index contributed by atoms with van der Waals surface area (Å²) in [4.78, 5) is 39.7. The van der Waals surface area contributed by atoms with Crippen LogP contribution in [0.2, 0.25) is 0 Å². The number of allylic oxidation sites excluding steroid dienone is 1. The Morgan fingerprint density at radius 1 is 1.06 bits per heavy atom. The highest BCUT2D eigenvalue weighted by Crippen LogP contribution is 2.68. The lowest BCUT2D eigenvalue weighted by Crippen LogP contribution is -2.53. The van der Waals surface area contributed by atoms with Gasteiger partial charge in [-0.1, -0.05) is 19.4 Å². The van der Waals surface area contributed by atoms with Crippen LogP contribution in [0.4, 0.5) is 0 Å². The van der Waals surface area contributed by atoms with E-state index in [2.05, 4.69) is 13.8 Å². The van der Waals surface area contributed by atoms with Gasteiger partial charge < -0.3 is 14.6 Å². The van der Waals surface area contributed by atoms with Crippen LogP contribution in [0.1, 0.15) is 72.1 Å². The van der Waals surface area contributed by atoms with Crippen LogP contribution in [0, 0.1) is 34.5 Å². The van der Waals surface area contributed by atoms with Crippen LogP contribution in [-0.4, -0.2) is 41.5 Å². The molecule has 1 aliphatic heterocycles. The fourth-order valence-corrected chi connectivity index (χ4v) is 8.32. The van der Waals surface area contributed by atoms with Gasteiger partial charge in [-0.05, 0) is 86.5 Å². The highest BCUT2D eigenvalue weighted by Gasteiger charge is 2.63. The van der Waals surface area contributed by atoms with Crippen molar-refractivity contribution in [3.8, 4) is 0 Å². The number of ketones is 1. The maximum Gasteiger partial charge on any atom is 0.373 e. The van der Waals surface area contributed by atoms with Crippen molar-refractivity contribution >= 4 is 17.9 Å². The molecule has 0 aromatic heterocycles. The van der Waals surface area contributed by atoms with Gasteiger partial charge in [-0.15, -0.1) is 0 Å². The van der Waals surface area contributed by atoms with Gasteiger partial charge in [0.25, 0.3) is 0 Å². The molecule has 0 aromatic rings. The van der Waals surface area contributed by atoms with Crippen LogP contribution in [0.5, 0.6) is 0 Å². The maximum atomic E-state index is 12.0. The first-order valence-corrected chi connectivity index (χ1v) is 11.9. The highest BCUT2D eigenvalue weighted by molar-refractivity contribution is 5.91. The highest BCUT2D eigenvalue weighted by atomic mass is 16.8. The monoisotopic (exact) mass is 446 g/mol. The van der Waals surface area contributed by atoms with Crippen molar-refractivity contribution in [3.05, 3.63) is 11.6 Å². The lowest BCUT2D eigenvalue weighted by Gasteiger charge is -2.58. The summed E-state index contributed by atoms with van der Waals surface area (Å²) in [6.45, 7) is 6.94. The zero-order chi connectivity index (χ0) is 23.3. The molecule has 0 aromatic carbocycles. The molecule has 4 fully saturated rings. The minimum atomic E-state index is -0.927. The van der Waals surface area contributed by atoms with Crippen molar-refractivity contribution in [2.75, 3.05) is 6.61 Å². The van der Waals surface area contributed by atoms with Crippen LogP contribution < -0.4 is 0 Å². The Bertz CT molecular complexity index is 858. The number of hydrogen-bond donors (Lipinski definition) is 1. The van der Waals surface area contributed by atoms with E-state index in [1.165, 1.54) is 24.8 Å². The zero-order valence-electron chi connectivity index (χ0n) is 19.2. The first kappa shape index (κ1) is 23.3. The first-order valence-electron chi connectivity index (χ1n) is 11.9. The lowest BCUT2D eigenvalue weighted by atomic mass is 9.46. The van der Waals surface area contributed by atoms with Gasteiger partial charge >= 0.3 is 12.1 Å². The molecular weight excluding hydrogens is 412 g/mol. The molecule has 7 heteroatoms. The molecule has 0 spiro atoms. The number of carbonyl (C=O) groups is 2. The number of hydrogen-bond acceptors (Lipinski definition) is 6. The zero-order valence-corrected chi connectivity index (χ0v) is 19.2. The summed E-state index contributed by atoms with van der Waals surface area (Å²) in [6, 6.07) is 0. The molecule has 3 saturated carbocycles. The van der Waals surface area contributed by atoms with E-state index in [1.807, 2.05) is 13.0 Å². The number of ether oxygens (including phenoxy) is 2. The third-order valence-corrected chi connectivity index (χ3v) is 9.77. The summed E-state index contributed by atoms with van der Waals surface area (Å²) < 4.78 is 12.0. The minimum Gasteiger partial charge on any atom is -0.479 e. The number of carbonyl (C=O) groups excluding carboxylic acids is 3. The van der Waals surface area contributed by atoms with Crippen molar-refractivity contribution in [1.29, 1.82) is 0 Å². The predicted molar refractivity (Wildman–Crippen MR) is 112 cm³/mol. The topological polar surface area (TPSA) is 107 Å². The average Bonchev–Trinajstić information content (AvgIpc) is 3.30. The largest absolute Gasteiger partial charge is 0.479 e. The van der Waals surface area contributed by atoms with Gasteiger partial charge in [-0.2, -0.15) is 9.59 Å². The van der Waals surface area contributed by atoms with Crippen molar-refractivity contribution in [2.45, 2.75) is 84.0 Å². The molecular formula is C25H34O7. The first-order chi connectivity index (χ1) is 15.1. The van der Waals surface area contributed by atoms with Crippen LogP contribution in [0.15, 0.2) is 11.6 Å². The molecule has 32 heavy (non-hydrogen) atoms. The fraction of sp³-hybridized carbons (Fsp3) is 0.800. The molecule has 7 nitrogen and oxygen atoms in total. The SMILES string of the molecule is CC1([C@H]2CC[C@H]3[C@@H]4CCC5=CC(=O)CC[C@]5(C)[C@H]4CC[C@]23C)OCC(C(=O)O)O1.O=C=O. The van der Waals surface area contributed by atoms with E-state index in [4.69, 9.17) is 19.1 Å². The molecule has 1 saturated heterocycles. The van der Waals surface area contributed by atoms with E-state index in [-0.39, 0.29) is 29.5 Å². The van der Waals surface area contributed by atoms with E-state index in [0.29, 0.717) is 30.0 Å². The number of carboxylic acids is 1. The van der Waals surface area contributed by atoms with Crippen molar-refractivity contribution < 1.29 is 33.8 Å². The van der Waals surface area contributed by atoms with Crippen LogP contribution in [0.3, 0.4) is 0 Å². The molecule has 5 aliphatic rings. The number of rotatable bonds is 2. The quantitative estimate of drug-likeness (QED) is 0.688. The van der Waals surface area contributed by atoms with Crippen LogP contribution >= 0.6 is 0 Å². The standard InChI is InChI=1S/C24H34O5.CO2/c1-22-10-8-15(25)12-14(22)4-5-16-17-6-7-20(23(17,2)11-9-18(16)22)24(3)28-13-19(29-24)21(26)27;2-1-3/h12,16-20H,4-11,13H2,1-3H3,(H,26,27);/t16-,17-,18-,19?,20-,22-,23-,24?;/m0./s1. The second-order valence-corrected chi connectivity index (χ2v) is 11.0. The minimum absolute atomic E-state index is 0.130. The van der Waals surface area contributed by atoms with E-state index < -0.39 is 17.9 Å². The number of carboxylic acid groups (broad SMARTS) is 1. The van der Waals surface area contributed by atoms with E-state index >= 15 is 0 Å². The van der Waals surface area contributed by atoms with Gasteiger partial charge in [0, 0.05) is 12.3 Å². The van der Waals surface area contributed by atoms with E-state index in [0.717, 1.165) is 25.7 Å². The molecule has 1 N–H and O–H groups in total. The molecule has 8 atom stereocenters. The second kappa shape index (κ2) is 8.19. The smallest absolute Gasteiger partial charge is 0.373 e. The van der Waals surface area contributed by atoms with Crippen molar-refractivity contribution in [1.82, 2.24) is 0 Å². The molecule has 2 unspecified atom stereocenters. The number of fused-ring (bicyclic) bond motifs is 5. The maximum absolute atomic E-state index is 12.0. The predicted octanol–water partition coefficient (Wildman–Crippen LogP) is 3.77. The Labute approximate surface area is 188 Å². The summed E-state index contributed by atoms with van der Waals surface area (Å²) in [5.74, 6) is 0.822. The molecule has 5 rings (SSSR count). The van der Waals surface area contributed by atoms with Gasteiger partial charge in [-0.25, -0.2) is 4.79 Å². The van der Waals surface area contributed by atoms with Crippen LogP contribution in [-0.2, 0) is 28.7 Å². The molecule has 1 heterocycles. The Hall–Kier alpha value is -1.82. The summed E-state index contributed by atoms with van der Waals surface area (Å²) >= 11 is 0. The average molecular weight is 447 g/mol. The molecule has 0 bridgehead atoms. The summed E-state index contributed by atoms with van der Waals surface area (Å²) in [6.07, 6.45) is 9.88. The Morgan fingerprint density at radius 3 is 2.44 bits per heavy atom. The lowest BCUT2D eigenvalue weighted by molar-refractivity contribution is -0.224. The Morgan fingerprint density at radius 2 is 1.78 bits per heavy atom. The second-order valence-electron chi connectivity index (χ2n) is 11.0.